The second-order valence-corrected chi connectivity index (χ2v) is 5.33. The van der Waals surface area contributed by atoms with Crippen molar-refractivity contribution in [3.63, 3.8) is 0 Å². The quantitative estimate of drug-likeness (QED) is 0.809. The summed E-state index contributed by atoms with van der Waals surface area (Å²) in [7, 11) is 0. The molecule has 0 bridgehead atoms. The minimum absolute atomic E-state index is 0.182. The molecule has 4 nitrogen and oxygen atoms in total. The van der Waals surface area contributed by atoms with Gasteiger partial charge in [0.15, 0.2) is 0 Å². The Bertz CT molecular complexity index is 635. The maximum absolute atomic E-state index is 5.82. The van der Waals surface area contributed by atoms with Gasteiger partial charge in [0, 0.05) is 5.57 Å². The van der Waals surface area contributed by atoms with Gasteiger partial charge in [-0.05, 0) is 18.4 Å². The summed E-state index contributed by atoms with van der Waals surface area (Å²) in [6.07, 6.45) is 21.9. The van der Waals surface area contributed by atoms with Crippen molar-refractivity contribution < 1.29 is 9.47 Å². The van der Waals surface area contributed by atoms with Crippen molar-refractivity contribution in [2.24, 2.45) is 10.7 Å². The molecule has 0 aromatic heterocycles. The lowest BCUT2D eigenvalue weighted by Gasteiger charge is -2.38. The zero-order valence-electron chi connectivity index (χ0n) is 12.4. The number of ether oxygens (including phenoxy) is 2. The van der Waals surface area contributed by atoms with Gasteiger partial charge in [-0.25, -0.2) is 4.99 Å². The average molecular weight is 296 g/mol. The van der Waals surface area contributed by atoms with Crippen molar-refractivity contribution in [3.8, 4) is 0 Å². The van der Waals surface area contributed by atoms with Crippen LogP contribution >= 0.6 is 0 Å². The standard InChI is InChI=1S/C18H20N2O2/c19-17-20-18(14-21-12-11-16(18)13-22-17)15-9-7-5-3-1-2-4-6-8-10-15/h1-5,7-10,13H,6,11-12,14H2,(H2,19,20)/b3-1-,4-2-,7-5-,10-8?,15-9+. The molecule has 2 aliphatic heterocycles. The van der Waals surface area contributed by atoms with Crippen LogP contribution in [0.2, 0.25) is 0 Å². The third-order valence-corrected chi connectivity index (χ3v) is 3.88. The largest absolute Gasteiger partial charge is 0.434 e. The van der Waals surface area contributed by atoms with E-state index in [4.69, 9.17) is 15.2 Å². The van der Waals surface area contributed by atoms with E-state index in [0.29, 0.717) is 13.2 Å². The highest BCUT2D eigenvalue weighted by Gasteiger charge is 2.42. The molecule has 0 spiro atoms. The first-order valence-electron chi connectivity index (χ1n) is 7.48. The van der Waals surface area contributed by atoms with Crippen molar-refractivity contribution >= 4 is 6.02 Å². The summed E-state index contributed by atoms with van der Waals surface area (Å²) >= 11 is 0. The summed E-state index contributed by atoms with van der Waals surface area (Å²) in [6.45, 7) is 1.17. The molecule has 2 heterocycles. The zero-order valence-corrected chi connectivity index (χ0v) is 12.4. The van der Waals surface area contributed by atoms with E-state index >= 15 is 0 Å². The Hall–Kier alpha value is -2.33. The number of fused-ring (bicyclic) bond motifs is 1. The molecular formula is C18H20N2O2. The lowest BCUT2D eigenvalue weighted by Crippen LogP contribution is -2.45. The Balaban J connectivity index is 2.03. The third kappa shape index (κ3) is 2.97. The fourth-order valence-corrected chi connectivity index (χ4v) is 2.75. The molecule has 1 atom stereocenters. The molecule has 0 amide bonds. The van der Waals surface area contributed by atoms with Gasteiger partial charge >= 0.3 is 0 Å². The van der Waals surface area contributed by atoms with Gasteiger partial charge in [0.2, 0.25) is 0 Å². The van der Waals surface area contributed by atoms with Crippen molar-refractivity contribution in [1.29, 1.82) is 0 Å². The summed E-state index contributed by atoms with van der Waals surface area (Å²) < 4.78 is 11.0. The SMILES string of the molecule is NC1=NC2(/C3=C/C=C\C=C/C=C\CC=C3)COCCC2=CO1. The fourth-order valence-electron chi connectivity index (χ4n) is 2.75. The van der Waals surface area contributed by atoms with Crippen LogP contribution in [-0.2, 0) is 9.47 Å². The summed E-state index contributed by atoms with van der Waals surface area (Å²) in [6, 6.07) is 0.182. The van der Waals surface area contributed by atoms with Gasteiger partial charge in [0.05, 0.1) is 19.5 Å². The summed E-state index contributed by atoms with van der Waals surface area (Å²) in [4.78, 5) is 4.60. The van der Waals surface area contributed by atoms with Crippen LogP contribution in [-0.4, -0.2) is 24.8 Å². The van der Waals surface area contributed by atoms with Gasteiger partial charge in [-0.3, -0.25) is 0 Å². The van der Waals surface area contributed by atoms with E-state index in [9.17, 15) is 0 Å². The van der Waals surface area contributed by atoms with Crippen molar-refractivity contribution in [3.05, 3.63) is 72.1 Å². The molecule has 3 aliphatic rings. The molecule has 1 unspecified atom stereocenters. The average Bonchev–Trinajstić information content (AvgIpc) is 2.60. The number of amidine groups is 1. The Morgan fingerprint density at radius 3 is 2.91 bits per heavy atom. The molecule has 0 saturated carbocycles. The number of aliphatic imine (C=N–C) groups is 1. The molecule has 3 rings (SSSR count). The first kappa shape index (κ1) is 14.6. The summed E-state index contributed by atoms with van der Waals surface area (Å²) in [5.41, 5.74) is 7.42. The van der Waals surface area contributed by atoms with E-state index in [-0.39, 0.29) is 6.02 Å². The maximum Gasteiger partial charge on any atom is 0.288 e. The highest BCUT2D eigenvalue weighted by molar-refractivity contribution is 5.75. The van der Waals surface area contributed by atoms with Gasteiger partial charge in [0.25, 0.3) is 6.02 Å². The topological polar surface area (TPSA) is 56.8 Å². The Labute approximate surface area is 130 Å². The third-order valence-electron chi connectivity index (χ3n) is 3.88. The van der Waals surface area contributed by atoms with E-state index in [1.165, 1.54) is 0 Å². The number of allylic oxidation sites excluding steroid dienone is 8. The lowest BCUT2D eigenvalue weighted by molar-refractivity contribution is 0.0786. The minimum Gasteiger partial charge on any atom is -0.434 e. The van der Waals surface area contributed by atoms with Crippen LogP contribution in [0.5, 0.6) is 0 Å². The predicted molar refractivity (Wildman–Crippen MR) is 88.2 cm³/mol. The normalized spacial score (nSPS) is 34.6. The van der Waals surface area contributed by atoms with Gasteiger partial charge in [-0.1, -0.05) is 54.7 Å². The molecule has 2 N–H and O–H groups in total. The van der Waals surface area contributed by atoms with Crippen LogP contribution < -0.4 is 5.73 Å². The van der Waals surface area contributed by atoms with Crippen LogP contribution in [0.3, 0.4) is 0 Å². The second-order valence-electron chi connectivity index (χ2n) is 5.33. The van der Waals surface area contributed by atoms with E-state index in [1.54, 1.807) is 6.26 Å². The molecule has 0 aromatic rings. The highest BCUT2D eigenvalue weighted by Crippen LogP contribution is 2.38. The number of hydrogen-bond donors (Lipinski definition) is 1. The highest BCUT2D eigenvalue weighted by atomic mass is 16.5. The van der Waals surface area contributed by atoms with Crippen LogP contribution in [0.4, 0.5) is 0 Å². The molecule has 114 valence electrons. The molecule has 4 heteroatoms. The number of hydrogen-bond acceptors (Lipinski definition) is 4. The predicted octanol–water partition coefficient (Wildman–Crippen LogP) is 2.93. The fraction of sp³-hybridized carbons (Fsp3) is 0.278. The molecule has 0 aromatic carbocycles. The Morgan fingerprint density at radius 2 is 1.95 bits per heavy atom. The molecule has 1 fully saturated rings. The van der Waals surface area contributed by atoms with E-state index in [0.717, 1.165) is 24.0 Å². The van der Waals surface area contributed by atoms with E-state index in [2.05, 4.69) is 29.3 Å². The zero-order chi connectivity index (χ0) is 15.3. The molecule has 1 saturated heterocycles. The van der Waals surface area contributed by atoms with Gasteiger partial charge in [-0.2, -0.15) is 0 Å². The van der Waals surface area contributed by atoms with E-state index < -0.39 is 5.54 Å². The maximum atomic E-state index is 5.82. The Morgan fingerprint density at radius 1 is 1.09 bits per heavy atom. The van der Waals surface area contributed by atoms with Crippen LogP contribution in [0.25, 0.3) is 0 Å². The molecular weight excluding hydrogens is 276 g/mol. The second kappa shape index (κ2) is 6.62. The van der Waals surface area contributed by atoms with Gasteiger partial charge < -0.3 is 15.2 Å². The van der Waals surface area contributed by atoms with Crippen molar-refractivity contribution in [2.45, 2.75) is 18.4 Å². The monoisotopic (exact) mass is 296 g/mol. The summed E-state index contributed by atoms with van der Waals surface area (Å²) in [5, 5.41) is 0. The first-order chi connectivity index (χ1) is 10.8. The number of nitrogens with zero attached hydrogens (tertiary/aromatic N) is 1. The van der Waals surface area contributed by atoms with Crippen molar-refractivity contribution in [1.82, 2.24) is 0 Å². The van der Waals surface area contributed by atoms with Crippen molar-refractivity contribution in [2.75, 3.05) is 13.2 Å². The smallest absolute Gasteiger partial charge is 0.288 e. The molecule has 22 heavy (non-hydrogen) atoms. The molecule has 0 radical (unpaired) electrons. The van der Waals surface area contributed by atoms with Gasteiger partial charge in [-0.15, -0.1) is 0 Å². The van der Waals surface area contributed by atoms with Crippen LogP contribution in [0.1, 0.15) is 12.8 Å². The summed E-state index contributed by atoms with van der Waals surface area (Å²) in [5.74, 6) is 0. The minimum atomic E-state index is -0.567. The number of nitrogens with two attached hydrogens (primary N) is 1. The lowest BCUT2D eigenvalue weighted by atomic mass is 9.80. The van der Waals surface area contributed by atoms with Crippen LogP contribution in [0.15, 0.2) is 77.1 Å². The van der Waals surface area contributed by atoms with Crippen LogP contribution in [0, 0.1) is 0 Å². The molecule has 1 aliphatic carbocycles. The number of rotatable bonds is 1. The Kier molecular flexibility index (Phi) is 4.39. The van der Waals surface area contributed by atoms with E-state index in [1.807, 2.05) is 30.4 Å². The first-order valence-corrected chi connectivity index (χ1v) is 7.48. The van der Waals surface area contributed by atoms with Gasteiger partial charge in [0.1, 0.15) is 5.54 Å².